The van der Waals surface area contributed by atoms with E-state index in [4.69, 9.17) is 0 Å². The molecule has 0 spiro atoms. The first-order valence-electron chi connectivity index (χ1n) is 10.1. The van der Waals surface area contributed by atoms with Crippen LogP contribution in [-0.4, -0.2) is 75.7 Å². The normalized spacial score (nSPS) is 18.3. The predicted molar refractivity (Wildman–Crippen MR) is 133 cm³/mol. The zero-order valence-corrected chi connectivity index (χ0v) is 20.0. The van der Waals surface area contributed by atoms with Crippen molar-refractivity contribution >= 4 is 29.9 Å². The smallest absolute Gasteiger partial charge is 0.191 e. The van der Waals surface area contributed by atoms with E-state index in [2.05, 4.69) is 100 Å². The van der Waals surface area contributed by atoms with Gasteiger partial charge in [0.05, 0.1) is 0 Å². The van der Waals surface area contributed by atoms with E-state index >= 15 is 0 Å². The van der Waals surface area contributed by atoms with E-state index in [1.807, 2.05) is 7.05 Å². The van der Waals surface area contributed by atoms with Gasteiger partial charge in [0.1, 0.15) is 0 Å². The second kappa shape index (κ2) is 12.1. The Morgan fingerprint density at radius 1 is 0.966 bits per heavy atom. The summed E-state index contributed by atoms with van der Waals surface area (Å²) in [5, 5.41) is 7.06. The van der Waals surface area contributed by atoms with E-state index in [0.29, 0.717) is 6.04 Å². The zero-order chi connectivity index (χ0) is 19.8. The van der Waals surface area contributed by atoms with E-state index in [-0.39, 0.29) is 29.9 Å². The number of nitrogens with one attached hydrogen (secondary N) is 2. The average molecular weight is 507 g/mol. The summed E-state index contributed by atoms with van der Waals surface area (Å²) in [5.41, 5.74) is 2.62. The second-order valence-corrected chi connectivity index (χ2v) is 7.60. The van der Waals surface area contributed by atoms with Crippen molar-refractivity contribution in [1.29, 1.82) is 0 Å². The van der Waals surface area contributed by atoms with E-state index in [9.17, 15) is 0 Å². The summed E-state index contributed by atoms with van der Waals surface area (Å²) in [6.45, 7) is 5.02. The Kier molecular flexibility index (Phi) is 9.90. The van der Waals surface area contributed by atoms with Crippen molar-refractivity contribution in [1.82, 2.24) is 20.4 Å². The first-order chi connectivity index (χ1) is 13.7. The van der Waals surface area contributed by atoms with Crippen molar-refractivity contribution in [3.63, 3.8) is 0 Å². The Morgan fingerprint density at radius 2 is 1.55 bits per heavy atom. The van der Waals surface area contributed by atoms with Gasteiger partial charge in [0, 0.05) is 51.7 Å². The van der Waals surface area contributed by atoms with Gasteiger partial charge in [-0.05, 0) is 25.2 Å². The van der Waals surface area contributed by atoms with Crippen molar-refractivity contribution in [2.24, 2.45) is 4.99 Å². The van der Waals surface area contributed by atoms with Crippen LogP contribution >= 0.6 is 24.0 Å². The van der Waals surface area contributed by atoms with Gasteiger partial charge >= 0.3 is 0 Å². The van der Waals surface area contributed by atoms with Crippen LogP contribution < -0.4 is 10.6 Å². The molecule has 0 radical (unpaired) electrons. The van der Waals surface area contributed by atoms with E-state index < -0.39 is 0 Å². The molecular weight excluding hydrogens is 473 g/mol. The number of rotatable bonds is 6. The molecular formula is C23H34IN5. The van der Waals surface area contributed by atoms with Crippen molar-refractivity contribution in [3.8, 4) is 0 Å². The van der Waals surface area contributed by atoms with Crippen molar-refractivity contribution in [2.45, 2.75) is 12.0 Å². The van der Waals surface area contributed by atoms with Crippen molar-refractivity contribution in [3.05, 3.63) is 71.8 Å². The molecule has 0 saturated carbocycles. The van der Waals surface area contributed by atoms with Gasteiger partial charge in [0.2, 0.25) is 0 Å². The Morgan fingerprint density at radius 3 is 2.10 bits per heavy atom. The predicted octanol–water partition coefficient (Wildman–Crippen LogP) is 2.85. The van der Waals surface area contributed by atoms with Gasteiger partial charge in [0.15, 0.2) is 5.96 Å². The summed E-state index contributed by atoms with van der Waals surface area (Å²) in [5.74, 6) is 1.14. The number of benzene rings is 2. The highest BCUT2D eigenvalue weighted by molar-refractivity contribution is 14.0. The molecule has 1 heterocycles. The van der Waals surface area contributed by atoms with Crippen LogP contribution in [0.25, 0.3) is 0 Å². The molecule has 2 aromatic rings. The number of hydrogen-bond acceptors (Lipinski definition) is 3. The molecule has 0 aromatic heterocycles. The molecule has 6 heteroatoms. The fraction of sp³-hybridized carbons (Fsp3) is 0.435. The molecule has 2 aromatic carbocycles. The highest BCUT2D eigenvalue weighted by atomic mass is 127. The lowest BCUT2D eigenvalue weighted by Gasteiger charge is -2.38. The van der Waals surface area contributed by atoms with E-state index in [0.717, 1.165) is 38.7 Å². The first-order valence-corrected chi connectivity index (χ1v) is 10.1. The van der Waals surface area contributed by atoms with Gasteiger partial charge in [0.25, 0.3) is 0 Å². The molecule has 5 nitrogen and oxygen atoms in total. The van der Waals surface area contributed by atoms with Gasteiger partial charge in [-0.2, -0.15) is 0 Å². The van der Waals surface area contributed by atoms with E-state index in [1.165, 1.54) is 11.1 Å². The minimum atomic E-state index is 0. The molecule has 158 valence electrons. The molecule has 0 amide bonds. The minimum Gasteiger partial charge on any atom is -0.355 e. The third kappa shape index (κ3) is 6.97. The van der Waals surface area contributed by atoms with Crippen LogP contribution in [0.3, 0.4) is 0 Å². The van der Waals surface area contributed by atoms with Crippen LogP contribution in [0.5, 0.6) is 0 Å². The Hall–Kier alpha value is -1.64. The monoisotopic (exact) mass is 507 g/mol. The average Bonchev–Trinajstić information content (AvgIpc) is 2.74. The van der Waals surface area contributed by atoms with Gasteiger partial charge in [-0.3, -0.25) is 9.89 Å². The largest absolute Gasteiger partial charge is 0.355 e. The molecule has 1 fully saturated rings. The lowest BCUT2D eigenvalue weighted by molar-refractivity contribution is 0.116. The molecule has 1 aliphatic rings. The third-order valence-corrected chi connectivity index (χ3v) is 5.59. The highest BCUT2D eigenvalue weighted by Gasteiger charge is 2.22. The van der Waals surface area contributed by atoms with Gasteiger partial charge in [-0.1, -0.05) is 60.7 Å². The summed E-state index contributed by atoms with van der Waals surface area (Å²) >= 11 is 0. The molecule has 1 saturated heterocycles. The molecule has 0 aliphatic carbocycles. The minimum absolute atomic E-state index is 0. The van der Waals surface area contributed by atoms with Crippen molar-refractivity contribution in [2.75, 3.05) is 53.9 Å². The van der Waals surface area contributed by atoms with Crippen LogP contribution in [-0.2, 0) is 0 Å². The maximum Gasteiger partial charge on any atom is 0.191 e. The quantitative estimate of drug-likeness (QED) is 0.359. The number of nitrogens with zero attached hydrogens (tertiary/aromatic N) is 3. The maximum absolute atomic E-state index is 4.44. The van der Waals surface area contributed by atoms with Gasteiger partial charge in [-0.25, -0.2) is 0 Å². The van der Waals surface area contributed by atoms with Crippen LogP contribution in [0.15, 0.2) is 65.7 Å². The molecule has 1 aliphatic heterocycles. The SMILES string of the molecule is CN=C(NCC(c1ccccc1)c1ccccc1)NCC1CN(C)CCN1C.I. The van der Waals surface area contributed by atoms with Gasteiger partial charge in [-0.15, -0.1) is 24.0 Å². The Labute approximate surface area is 192 Å². The standard InChI is InChI=1S/C23H33N5.HI/c1-24-23(25-16-21-18-27(2)14-15-28(21)3)26-17-22(19-10-6-4-7-11-19)20-12-8-5-9-13-20;/h4-13,21-22H,14-18H2,1-3H3,(H2,24,25,26);1H. The Balaban J connectivity index is 0.00000300. The van der Waals surface area contributed by atoms with Crippen LogP contribution in [0.1, 0.15) is 17.0 Å². The second-order valence-electron chi connectivity index (χ2n) is 7.60. The molecule has 2 N–H and O–H groups in total. The summed E-state index contributed by atoms with van der Waals surface area (Å²) in [7, 11) is 6.24. The lowest BCUT2D eigenvalue weighted by Crippen LogP contribution is -2.55. The van der Waals surface area contributed by atoms with Crippen LogP contribution in [0.2, 0.25) is 0 Å². The van der Waals surface area contributed by atoms with Crippen molar-refractivity contribution < 1.29 is 0 Å². The summed E-state index contributed by atoms with van der Waals surface area (Å²) in [6.07, 6.45) is 0. The number of hydrogen-bond donors (Lipinski definition) is 2. The molecule has 3 rings (SSSR count). The van der Waals surface area contributed by atoms with Crippen LogP contribution in [0.4, 0.5) is 0 Å². The summed E-state index contributed by atoms with van der Waals surface area (Å²) in [4.78, 5) is 9.26. The topological polar surface area (TPSA) is 42.9 Å². The number of guanidine groups is 1. The Bertz CT molecular complexity index is 698. The number of halogens is 1. The van der Waals surface area contributed by atoms with E-state index in [1.54, 1.807) is 0 Å². The summed E-state index contributed by atoms with van der Waals surface area (Å²) in [6, 6.07) is 21.8. The molecule has 1 atom stereocenters. The third-order valence-electron chi connectivity index (χ3n) is 5.59. The van der Waals surface area contributed by atoms with Crippen LogP contribution in [0, 0.1) is 0 Å². The number of piperazine rings is 1. The number of likely N-dealkylation sites (N-methyl/N-ethyl adjacent to an activating group) is 2. The fourth-order valence-corrected chi connectivity index (χ4v) is 3.75. The highest BCUT2D eigenvalue weighted by Crippen LogP contribution is 2.23. The fourth-order valence-electron chi connectivity index (χ4n) is 3.75. The number of aliphatic imine (C=N–C) groups is 1. The molecule has 1 unspecified atom stereocenters. The lowest BCUT2D eigenvalue weighted by atomic mass is 9.91. The molecule has 0 bridgehead atoms. The molecule has 29 heavy (non-hydrogen) atoms. The summed E-state index contributed by atoms with van der Waals surface area (Å²) < 4.78 is 0. The maximum atomic E-state index is 4.44. The first kappa shape index (κ1) is 23.6. The zero-order valence-electron chi connectivity index (χ0n) is 17.7. The van der Waals surface area contributed by atoms with Gasteiger partial charge < -0.3 is 15.5 Å².